The predicted octanol–water partition coefficient (Wildman–Crippen LogP) is 7.15. The Balaban J connectivity index is 2.68. The zero-order valence-corrected chi connectivity index (χ0v) is 30.7. The molecule has 1 aromatic carbocycles. The summed E-state index contributed by atoms with van der Waals surface area (Å²) in [6.45, 7) is 21.3. The van der Waals surface area contributed by atoms with E-state index in [-0.39, 0.29) is 22.3 Å². The Labute approximate surface area is 282 Å². The van der Waals surface area contributed by atoms with Gasteiger partial charge in [-0.05, 0) is 67.2 Å². The van der Waals surface area contributed by atoms with E-state index in [9.17, 15) is 49.5 Å². The highest BCUT2D eigenvalue weighted by molar-refractivity contribution is 6.20. The van der Waals surface area contributed by atoms with Crippen LogP contribution in [0.25, 0.3) is 0 Å². The van der Waals surface area contributed by atoms with Crippen molar-refractivity contribution in [2.75, 3.05) is 0 Å². The number of allylic oxidation sites excluding steroid dienone is 4. The topological polar surface area (TPSA) is 186 Å². The molecule has 0 radical (unpaired) electrons. The summed E-state index contributed by atoms with van der Waals surface area (Å²) >= 11 is 0. The van der Waals surface area contributed by atoms with Crippen molar-refractivity contribution < 1.29 is 49.5 Å². The van der Waals surface area contributed by atoms with E-state index in [2.05, 4.69) is 0 Å². The summed E-state index contributed by atoms with van der Waals surface area (Å²) in [4.78, 5) is 68.7. The Morgan fingerprint density at radius 1 is 0.500 bits per heavy atom. The van der Waals surface area contributed by atoms with Gasteiger partial charge >= 0.3 is 0 Å². The number of Topliss-reactive ketones (excluding diaryl/α,β-unsaturated/α-hetero) is 5. The predicted molar refractivity (Wildman–Crippen MR) is 180 cm³/mol. The molecule has 2 aliphatic carbocycles. The number of benzene rings is 1. The second-order valence-corrected chi connectivity index (χ2v) is 16.6. The molecular weight excluding hydrogens is 616 g/mol. The van der Waals surface area contributed by atoms with Gasteiger partial charge in [-0.2, -0.15) is 0 Å². The summed E-state index contributed by atoms with van der Waals surface area (Å²) in [6, 6.07) is 0. The van der Waals surface area contributed by atoms with Crippen LogP contribution >= 0.6 is 0 Å². The van der Waals surface area contributed by atoms with Gasteiger partial charge in [0.15, 0.2) is 28.9 Å². The molecule has 0 aliphatic heterocycles. The number of rotatable bonds is 8. The Morgan fingerprint density at radius 3 is 1.04 bits per heavy atom. The Kier molecular flexibility index (Phi) is 9.53. The largest absolute Gasteiger partial charge is 0.511 e. The summed E-state index contributed by atoms with van der Waals surface area (Å²) in [5.41, 5.74) is -8.04. The van der Waals surface area contributed by atoms with Crippen molar-refractivity contribution in [1.82, 2.24) is 0 Å². The zero-order chi connectivity index (χ0) is 37.5. The monoisotopic (exact) mass is 668 g/mol. The number of aromatic hydroxyl groups is 3. The minimum Gasteiger partial charge on any atom is -0.511 e. The van der Waals surface area contributed by atoms with E-state index in [1.807, 2.05) is 0 Å². The summed E-state index contributed by atoms with van der Waals surface area (Å²) in [5, 5.41) is 59.2. The molecule has 0 saturated heterocycles. The molecule has 0 saturated carbocycles. The van der Waals surface area contributed by atoms with Gasteiger partial charge < -0.3 is 25.5 Å². The lowest BCUT2D eigenvalue weighted by atomic mass is 9.59. The lowest BCUT2D eigenvalue weighted by Crippen LogP contribution is -2.50. The first-order chi connectivity index (χ1) is 21.5. The fraction of sp³-hybridized carbons (Fsp3) is 0.605. The summed E-state index contributed by atoms with van der Waals surface area (Å²) < 4.78 is 0. The summed E-state index contributed by atoms with van der Waals surface area (Å²) in [7, 11) is 0. The quantitative estimate of drug-likeness (QED) is 0.141. The molecule has 264 valence electrons. The first-order valence-electron chi connectivity index (χ1n) is 16.5. The van der Waals surface area contributed by atoms with Crippen LogP contribution in [0.3, 0.4) is 0 Å². The van der Waals surface area contributed by atoms with Gasteiger partial charge in [-0.3, -0.25) is 24.0 Å². The van der Waals surface area contributed by atoms with Gasteiger partial charge in [0.05, 0.1) is 21.7 Å². The number of carbonyl (C=O) groups excluding carboxylic acids is 5. The molecule has 5 N–H and O–H groups in total. The molecule has 0 aromatic heterocycles. The van der Waals surface area contributed by atoms with Crippen molar-refractivity contribution in [2.45, 2.75) is 109 Å². The number of aliphatic hydroxyl groups excluding tert-OH is 2. The maximum absolute atomic E-state index is 14.1. The maximum atomic E-state index is 14.1. The van der Waals surface area contributed by atoms with Crippen LogP contribution in [-0.4, -0.2) is 54.4 Å². The molecule has 1 aromatic rings. The van der Waals surface area contributed by atoms with Gasteiger partial charge in [0.1, 0.15) is 34.3 Å². The molecule has 2 aliphatic rings. The lowest BCUT2D eigenvalue weighted by molar-refractivity contribution is -0.146. The first-order valence-corrected chi connectivity index (χ1v) is 16.5. The lowest BCUT2D eigenvalue weighted by Gasteiger charge is -2.42. The second-order valence-electron chi connectivity index (χ2n) is 16.6. The van der Waals surface area contributed by atoms with Gasteiger partial charge in [-0.15, -0.1) is 0 Å². The van der Waals surface area contributed by atoms with Crippen LogP contribution in [0.4, 0.5) is 0 Å². The Hall–Kier alpha value is -3.95. The molecule has 0 fully saturated rings. The number of carbonyl (C=O) groups is 5. The fourth-order valence-corrected chi connectivity index (χ4v) is 7.61. The molecule has 0 amide bonds. The number of aliphatic hydroxyl groups is 2. The van der Waals surface area contributed by atoms with E-state index in [1.165, 1.54) is 55.4 Å². The molecule has 0 spiro atoms. The summed E-state index contributed by atoms with van der Waals surface area (Å²) in [6.07, 6.45) is 0. The van der Waals surface area contributed by atoms with Crippen LogP contribution < -0.4 is 0 Å². The molecule has 2 atom stereocenters. The van der Waals surface area contributed by atoms with Gasteiger partial charge in [0.25, 0.3) is 0 Å². The van der Waals surface area contributed by atoms with Crippen LogP contribution in [0.2, 0.25) is 0 Å². The minimum atomic E-state index is -1.60. The first kappa shape index (κ1) is 38.5. The molecular formula is C38H52O10. The number of ketones is 5. The van der Waals surface area contributed by atoms with E-state index < -0.39 is 114 Å². The van der Waals surface area contributed by atoms with E-state index >= 15 is 0 Å². The van der Waals surface area contributed by atoms with Crippen LogP contribution in [-0.2, 0) is 19.2 Å². The van der Waals surface area contributed by atoms with Crippen molar-refractivity contribution in [3.8, 4) is 17.2 Å². The molecule has 0 unspecified atom stereocenters. The summed E-state index contributed by atoms with van der Waals surface area (Å²) in [5.74, 6) is -11.5. The average Bonchev–Trinajstić information content (AvgIpc) is 2.96. The Morgan fingerprint density at radius 2 is 0.792 bits per heavy atom. The molecule has 0 bridgehead atoms. The van der Waals surface area contributed by atoms with Gasteiger partial charge in [0, 0.05) is 40.0 Å². The van der Waals surface area contributed by atoms with Crippen LogP contribution in [0.1, 0.15) is 130 Å². The molecule has 48 heavy (non-hydrogen) atoms. The van der Waals surface area contributed by atoms with Gasteiger partial charge in [-0.1, -0.05) is 41.5 Å². The molecule has 0 heterocycles. The number of phenolic OH excluding ortho intramolecular Hbond substituents is 3. The van der Waals surface area contributed by atoms with E-state index in [0.29, 0.717) is 0 Å². The standard InChI is InChI=1S/C38H52O10/c1-15(2)18(22-29(43)35(7,8)33(47)36(9,10)30(22)44)20-26(40)21(28(42)24(27(20)41)25(39)17(5)6)19(16(3)4)23-31(45)37(11,12)34(48)38(13,14)32(23)46/h15-19,40-43,45H,1-14H3/t18-,19-/m1/s1. The highest BCUT2D eigenvalue weighted by Crippen LogP contribution is 2.58. The third-order valence-electron chi connectivity index (χ3n) is 10.4. The molecule has 10 nitrogen and oxygen atoms in total. The second kappa shape index (κ2) is 11.9. The van der Waals surface area contributed by atoms with E-state index in [1.54, 1.807) is 41.5 Å². The smallest absolute Gasteiger partial charge is 0.175 e. The maximum Gasteiger partial charge on any atom is 0.175 e. The van der Waals surface area contributed by atoms with Crippen molar-refractivity contribution in [3.63, 3.8) is 0 Å². The number of hydrogen-bond donors (Lipinski definition) is 5. The third-order valence-corrected chi connectivity index (χ3v) is 10.4. The van der Waals surface area contributed by atoms with Gasteiger partial charge in [-0.25, -0.2) is 0 Å². The molecule has 10 heteroatoms. The van der Waals surface area contributed by atoms with Crippen LogP contribution in [0.5, 0.6) is 17.2 Å². The average molecular weight is 669 g/mol. The van der Waals surface area contributed by atoms with Crippen molar-refractivity contribution >= 4 is 28.9 Å². The van der Waals surface area contributed by atoms with E-state index in [0.717, 1.165) is 0 Å². The highest BCUT2D eigenvalue weighted by Gasteiger charge is 2.57. The number of hydrogen-bond acceptors (Lipinski definition) is 10. The minimum absolute atomic E-state index is 0.241. The highest BCUT2D eigenvalue weighted by atomic mass is 16.3. The third kappa shape index (κ3) is 5.26. The van der Waals surface area contributed by atoms with Crippen molar-refractivity contribution in [2.24, 2.45) is 39.4 Å². The van der Waals surface area contributed by atoms with Crippen LogP contribution in [0, 0.1) is 39.4 Å². The zero-order valence-electron chi connectivity index (χ0n) is 30.7. The van der Waals surface area contributed by atoms with Crippen molar-refractivity contribution in [1.29, 1.82) is 0 Å². The van der Waals surface area contributed by atoms with Crippen molar-refractivity contribution in [3.05, 3.63) is 39.4 Å². The molecule has 3 rings (SSSR count). The Bertz CT molecular complexity index is 1580. The normalized spacial score (nSPS) is 21.9. The van der Waals surface area contributed by atoms with Crippen LogP contribution in [0.15, 0.2) is 22.7 Å². The van der Waals surface area contributed by atoms with E-state index in [4.69, 9.17) is 0 Å². The van der Waals surface area contributed by atoms with Gasteiger partial charge in [0.2, 0.25) is 0 Å². The fourth-order valence-electron chi connectivity index (χ4n) is 7.61. The SMILES string of the molecule is CC(C)C(=O)c1c(O)c([C@H](C2=C(O)C(C)(C)C(=O)C(C)(C)C2=O)C(C)C)c(O)c([C@H](C2=C(O)C(C)(C)C(=O)C(C)(C)C2=O)C(C)C)c1O. The number of phenols is 3.